The summed E-state index contributed by atoms with van der Waals surface area (Å²) in [6, 6.07) is 16.1. The third kappa shape index (κ3) is 7.36. The summed E-state index contributed by atoms with van der Waals surface area (Å²) in [4.78, 5) is 35.9. The van der Waals surface area contributed by atoms with Gasteiger partial charge in [-0.15, -0.1) is 18.3 Å². The molecule has 13 heteroatoms. The lowest BCUT2D eigenvalue weighted by atomic mass is 9.93. The molecule has 0 aliphatic carbocycles. The Bertz CT molecular complexity index is 1730. The third-order valence-electron chi connectivity index (χ3n) is 7.44. The Kier molecular flexibility index (Phi) is 9.01. The Balaban J connectivity index is 1.23. The van der Waals surface area contributed by atoms with E-state index in [4.69, 9.17) is 0 Å². The number of ether oxygens (including phenoxy) is 1. The molecule has 3 aromatic carbocycles. The van der Waals surface area contributed by atoms with E-state index in [2.05, 4.69) is 25.1 Å². The predicted molar refractivity (Wildman–Crippen MR) is 168 cm³/mol. The number of carbonyl (C=O) groups is 2. The van der Waals surface area contributed by atoms with Crippen LogP contribution in [0.3, 0.4) is 0 Å². The zero-order valence-corrected chi connectivity index (χ0v) is 26.0. The van der Waals surface area contributed by atoms with Crippen LogP contribution in [0.2, 0.25) is 0 Å². The van der Waals surface area contributed by atoms with Crippen LogP contribution in [-0.4, -0.2) is 50.0 Å². The minimum atomic E-state index is -4.76. The van der Waals surface area contributed by atoms with Gasteiger partial charge in [-0.25, -0.2) is 14.5 Å². The highest BCUT2D eigenvalue weighted by molar-refractivity contribution is 8.15. The summed E-state index contributed by atoms with van der Waals surface area (Å²) in [6.07, 6.45) is -3.29. The first-order chi connectivity index (χ1) is 21.3. The van der Waals surface area contributed by atoms with Crippen LogP contribution < -0.4 is 15.0 Å². The second-order valence-electron chi connectivity index (χ2n) is 10.9. The van der Waals surface area contributed by atoms with E-state index in [0.717, 1.165) is 33.5 Å². The number of hydrogen-bond donors (Lipinski definition) is 1. The van der Waals surface area contributed by atoms with Crippen LogP contribution in [0.1, 0.15) is 42.0 Å². The number of carbonyl (C=O) groups excluding carboxylic acids is 2. The molecule has 2 heterocycles. The molecule has 3 amide bonds. The molecule has 1 fully saturated rings. The Morgan fingerprint density at radius 3 is 2.29 bits per heavy atom. The van der Waals surface area contributed by atoms with Crippen molar-refractivity contribution in [3.63, 3.8) is 0 Å². The number of aliphatic imine (C=N–C) groups is 1. The first-order valence-electron chi connectivity index (χ1n) is 14.1. The highest BCUT2D eigenvalue weighted by atomic mass is 32.2. The van der Waals surface area contributed by atoms with Gasteiger partial charge in [-0.05, 0) is 68.7 Å². The van der Waals surface area contributed by atoms with E-state index in [0.29, 0.717) is 16.7 Å². The van der Waals surface area contributed by atoms with Crippen molar-refractivity contribution in [2.75, 3.05) is 10.7 Å². The van der Waals surface area contributed by atoms with Crippen LogP contribution >= 0.6 is 11.8 Å². The van der Waals surface area contributed by atoms with Gasteiger partial charge >= 0.3 is 12.4 Å². The fourth-order valence-corrected chi connectivity index (χ4v) is 6.02. The molecular weight excluding hydrogens is 605 g/mol. The van der Waals surface area contributed by atoms with Crippen LogP contribution in [0.4, 0.5) is 23.7 Å². The quantitative estimate of drug-likeness (QED) is 0.232. The second kappa shape index (κ2) is 12.8. The molecule has 1 N–H and O–H groups in total. The van der Waals surface area contributed by atoms with E-state index in [1.54, 1.807) is 0 Å². The maximum absolute atomic E-state index is 13.0. The number of thioether (sulfide) groups is 1. The molecule has 0 bridgehead atoms. The Hall–Kier alpha value is -4.65. The first kappa shape index (κ1) is 31.8. The molecule has 1 saturated heterocycles. The molecule has 4 aromatic rings. The number of rotatable bonds is 7. The summed E-state index contributed by atoms with van der Waals surface area (Å²) < 4.78 is 42.7. The van der Waals surface area contributed by atoms with Crippen molar-refractivity contribution in [2.45, 2.75) is 52.9 Å². The van der Waals surface area contributed by atoms with E-state index < -0.39 is 12.4 Å². The van der Waals surface area contributed by atoms with E-state index in [1.807, 2.05) is 71.0 Å². The van der Waals surface area contributed by atoms with Gasteiger partial charge in [0.2, 0.25) is 5.91 Å². The van der Waals surface area contributed by atoms with Crippen molar-refractivity contribution in [1.82, 2.24) is 20.1 Å². The van der Waals surface area contributed by atoms with Gasteiger partial charge in [0.25, 0.3) is 0 Å². The normalized spacial score (nSPS) is 15.8. The van der Waals surface area contributed by atoms with Gasteiger partial charge in [-0.2, -0.15) is 4.99 Å². The zero-order chi connectivity index (χ0) is 32.5. The minimum Gasteiger partial charge on any atom is -0.406 e. The predicted octanol–water partition coefficient (Wildman–Crippen LogP) is 7.10. The first-order valence-corrected chi connectivity index (χ1v) is 15.1. The van der Waals surface area contributed by atoms with Crippen LogP contribution in [0.5, 0.6) is 5.75 Å². The van der Waals surface area contributed by atoms with Gasteiger partial charge < -0.3 is 10.1 Å². The van der Waals surface area contributed by atoms with Crippen molar-refractivity contribution in [3.8, 4) is 22.8 Å². The molecule has 1 aliphatic heterocycles. The molecule has 1 aliphatic rings. The van der Waals surface area contributed by atoms with Crippen LogP contribution in [0.15, 0.2) is 72.0 Å². The van der Waals surface area contributed by atoms with Crippen molar-refractivity contribution >= 4 is 34.6 Å². The number of aromatic nitrogens is 3. The maximum Gasteiger partial charge on any atom is 0.573 e. The van der Waals surface area contributed by atoms with Crippen molar-refractivity contribution < 1.29 is 27.5 Å². The minimum absolute atomic E-state index is 0.0679. The third-order valence-corrected chi connectivity index (χ3v) is 8.37. The molecule has 0 saturated carbocycles. The molecule has 234 valence electrons. The van der Waals surface area contributed by atoms with Crippen LogP contribution in [-0.2, 0) is 4.79 Å². The molecule has 9 nitrogen and oxygen atoms in total. The molecule has 45 heavy (non-hydrogen) atoms. The molecule has 1 aromatic heterocycles. The number of halogens is 3. The van der Waals surface area contributed by atoms with Crippen LogP contribution in [0.25, 0.3) is 17.1 Å². The fraction of sp³-hybridized carbons (Fsp3) is 0.281. The van der Waals surface area contributed by atoms with Gasteiger partial charge in [-0.1, -0.05) is 60.6 Å². The lowest BCUT2D eigenvalue weighted by Gasteiger charge is -2.23. The maximum atomic E-state index is 13.0. The highest BCUT2D eigenvalue weighted by Crippen LogP contribution is 2.33. The van der Waals surface area contributed by atoms with Gasteiger partial charge in [0.05, 0.1) is 17.1 Å². The highest BCUT2D eigenvalue weighted by Gasteiger charge is 2.33. The number of hydrogen-bond acceptors (Lipinski definition) is 6. The summed E-state index contributed by atoms with van der Waals surface area (Å²) >= 11 is 1.24. The van der Waals surface area contributed by atoms with Crippen molar-refractivity contribution in [1.29, 1.82) is 0 Å². The number of alkyl halides is 3. The van der Waals surface area contributed by atoms with E-state index in [-0.39, 0.29) is 29.4 Å². The molecule has 0 radical (unpaired) electrons. The van der Waals surface area contributed by atoms with Crippen LogP contribution in [0, 0.1) is 20.8 Å². The SMILES string of the molecule is Cc1cc(C)c(N2C(=O)CSC2=NC(=O)NC(C)C(C)c2ccc(-c3ncn(-c4ccc(OC(F)(F)F)cc4)n3)cc2)c(C)c1. The summed E-state index contributed by atoms with van der Waals surface area (Å²) in [5.41, 5.74) is 5.98. The second-order valence-corrected chi connectivity index (χ2v) is 11.8. The lowest BCUT2D eigenvalue weighted by Crippen LogP contribution is -2.36. The van der Waals surface area contributed by atoms with E-state index in [9.17, 15) is 22.8 Å². The summed E-state index contributed by atoms with van der Waals surface area (Å²) in [7, 11) is 0. The molecular formula is C32H31F3N6O3S. The van der Waals surface area contributed by atoms with Crippen molar-refractivity contribution in [3.05, 3.63) is 89.2 Å². The summed E-state index contributed by atoms with van der Waals surface area (Å²) in [5, 5.41) is 7.74. The monoisotopic (exact) mass is 636 g/mol. The van der Waals surface area contributed by atoms with E-state index >= 15 is 0 Å². The average Bonchev–Trinajstić information content (AvgIpc) is 3.59. The molecule has 2 atom stereocenters. The zero-order valence-electron chi connectivity index (χ0n) is 25.2. The van der Waals surface area contributed by atoms with E-state index in [1.165, 1.54) is 51.9 Å². The topological polar surface area (TPSA) is 102 Å². The van der Waals surface area contributed by atoms with Crippen molar-refractivity contribution in [2.24, 2.45) is 4.99 Å². The Morgan fingerprint density at radius 2 is 1.67 bits per heavy atom. The Morgan fingerprint density at radius 1 is 1.02 bits per heavy atom. The number of amidine groups is 1. The summed E-state index contributed by atoms with van der Waals surface area (Å²) in [6.45, 7) is 9.77. The average molecular weight is 637 g/mol. The number of nitrogens with zero attached hydrogens (tertiary/aromatic N) is 5. The number of urea groups is 1. The number of aryl methyl sites for hydroxylation is 3. The number of amides is 3. The van der Waals surface area contributed by atoms with Gasteiger partial charge in [0.15, 0.2) is 11.0 Å². The number of benzene rings is 3. The van der Waals surface area contributed by atoms with Gasteiger partial charge in [0.1, 0.15) is 12.1 Å². The standard InChI is InChI=1S/C32H31F3N6O3S/c1-18-14-19(2)28(20(3)15-18)41-27(42)16-45-31(41)38-30(43)37-22(5)21(4)23-6-8-24(9-7-23)29-36-17-40(39-29)25-10-12-26(13-11-25)44-32(33,34)35/h6-15,17,21-22H,16H2,1-5H3,(H,37,43). The number of nitrogens with one attached hydrogen (secondary N) is 1. The fourth-order valence-electron chi connectivity index (χ4n) is 5.17. The largest absolute Gasteiger partial charge is 0.573 e. The van der Waals surface area contributed by atoms with Gasteiger partial charge in [-0.3, -0.25) is 9.69 Å². The van der Waals surface area contributed by atoms with Gasteiger partial charge in [0, 0.05) is 17.5 Å². The molecule has 2 unspecified atom stereocenters. The smallest absolute Gasteiger partial charge is 0.406 e. The molecule has 0 spiro atoms. The lowest BCUT2D eigenvalue weighted by molar-refractivity contribution is -0.274. The number of anilines is 1. The summed E-state index contributed by atoms with van der Waals surface area (Å²) in [5.74, 6) is 0.149. The Labute approximate surface area is 262 Å². The molecule has 5 rings (SSSR count).